The van der Waals surface area contributed by atoms with Crippen LogP contribution in [0.5, 0.6) is 5.75 Å². The minimum atomic E-state index is -0.838. The van der Waals surface area contributed by atoms with E-state index < -0.39 is 6.10 Å². The highest BCUT2D eigenvalue weighted by Gasteiger charge is 2.15. The third-order valence-electron chi connectivity index (χ3n) is 4.29. The fraction of sp³-hybridized carbons (Fsp3) is 0.143. The molecule has 4 aromatic rings. The van der Waals surface area contributed by atoms with E-state index in [0.717, 1.165) is 15.6 Å². The zero-order chi connectivity index (χ0) is 19.5. The quantitative estimate of drug-likeness (QED) is 0.468. The van der Waals surface area contributed by atoms with Crippen LogP contribution in [0, 0.1) is 0 Å². The number of fused-ring (bicyclic) bond motifs is 1. The van der Waals surface area contributed by atoms with Crippen LogP contribution < -0.4 is 10.3 Å². The van der Waals surface area contributed by atoms with Crippen LogP contribution in [0.3, 0.4) is 0 Å². The molecule has 0 aliphatic carbocycles. The maximum atomic E-state index is 13.0. The van der Waals surface area contributed by atoms with Gasteiger partial charge >= 0.3 is 0 Å². The topological polar surface area (TPSA) is 64.4 Å². The number of halogens is 1. The van der Waals surface area contributed by atoms with E-state index >= 15 is 0 Å². The van der Waals surface area contributed by atoms with Crippen LogP contribution >= 0.6 is 27.3 Å². The molecule has 0 saturated carbocycles. The van der Waals surface area contributed by atoms with Crippen molar-refractivity contribution in [2.75, 3.05) is 6.61 Å². The van der Waals surface area contributed by atoms with E-state index in [0.29, 0.717) is 16.0 Å². The lowest BCUT2D eigenvalue weighted by atomic mass is 10.1. The third-order valence-corrected chi connectivity index (χ3v) is 5.67. The van der Waals surface area contributed by atoms with Crippen LogP contribution in [0.15, 0.2) is 75.6 Å². The second-order valence-corrected chi connectivity index (χ2v) is 8.09. The Kier molecular flexibility index (Phi) is 5.57. The van der Waals surface area contributed by atoms with Gasteiger partial charge in [0.05, 0.1) is 18.3 Å². The van der Waals surface area contributed by atoms with Crippen LogP contribution in [0.1, 0.15) is 0 Å². The molecular formula is C21H17BrN2O3S. The van der Waals surface area contributed by atoms with Gasteiger partial charge in [0, 0.05) is 15.4 Å². The molecule has 0 unspecified atom stereocenters. The van der Waals surface area contributed by atoms with E-state index in [2.05, 4.69) is 20.9 Å². The predicted molar refractivity (Wildman–Crippen MR) is 115 cm³/mol. The van der Waals surface area contributed by atoms with Gasteiger partial charge in [-0.3, -0.25) is 9.36 Å². The number of thiophene rings is 1. The van der Waals surface area contributed by atoms with Gasteiger partial charge in [0.15, 0.2) is 0 Å². The summed E-state index contributed by atoms with van der Waals surface area (Å²) in [4.78, 5) is 18.1. The van der Waals surface area contributed by atoms with Crippen molar-refractivity contribution in [1.82, 2.24) is 9.55 Å². The van der Waals surface area contributed by atoms with Gasteiger partial charge in [-0.05, 0) is 23.8 Å². The molecule has 0 saturated heterocycles. The molecule has 0 aliphatic rings. The van der Waals surface area contributed by atoms with Crippen molar-refractivity contribution in [1.29, 1.82) is 0 Å². The molecule has 0 aliphatic heterocycles. The molecule has 2 aromatic heterocycles. The molecule has 1 N–H and O–H groups in total. The van der Waals surface area contributed by atoms with Crippen molar-refractivity contribution in [2.45, 2.75) is 12.6 Å². The number of ether oxygens (including phenoxy) is 1. The Balaban J connectivity index is 1.55. The summed E-state index contributed by atoms with van der Waals surface area (Å²) in [7, 11) is 0. The number of aromatic nitrogens is 2. The Morgan fingerprint density at radius 3 is 2.79 bits per heavy atom. The lowest BCUT2D eigenvalue weighted by Gasteiger charge is -2.14. The van der Waals surface area contributed by atoms with Crippen LogP contribution in [-0.4, -0.2) is 27.4 Å². The number of aliphatic hydroxyl groups is 1. The van der Waals surface area contributed by atoms with E-state index in [4.69, 9.17) is 4.74 Å². The maximum absolute atomic E-state index is 13.0. The first-order valence-corrected chi connectivity index (χ1v) is 10.4. The highest BCUT2D eigenvalue weighted by Crippen LogP contribution is 2.30. The SMILES string of the molecule is O=c1c2c(-c3ccccc3)csc2ncn1C[C@H](O)COc1cccc(Br)c1. The lowest BCUT2D eigenvalue weighted by molar-refractivity contribution is 0.0914. The van der Waals surface area contributed by atoms with Crippen LogP contribution in [0.2, 0.25) is 0 Å². The van der Waals surface area contributed by atoms with Gasteiger partial charge in [-0.2, -0.15) is 0 Å². The summed E-state index contributed by atoms with van der Waals surface area (Å²) in [5.74, 6) is 0.651. The van der Waals surface area contributed by atoms with Crippen molar-refractivity contribution in [2.24, 2.45) is 0 Å². The fourth-order valence-corrected chi connectivity index (χ4v) is 4.24. The third kappa shape index (κ3) is 4.01. The Morgan fingerprint density at radius 2 is 2.00 bits per heavy atom. The Morgan fingerprint density at radius 1 is 1.18 bits per heavy atom. The molecule has 2 aromatic carbocycles. The van der Waals surface area contributed by atoms with Crippen molar-refractivity contribution >= 4 is 37.5 Å². The van der Waals surface area contributed by atoms with E-state index in [1.807, 2.05) is 60.0 Å². The predicted octanol–water partition coefficient (Wildman–Crippen LogP) is 4.33. The number of nitrogens with zero attached hydrogens (tertiary/aromatic N) is 2. The summed E-state index contributed by atoms with van der Waals surface area (Å²) < 4.78 is 7.95. The van der Waals surface area contributed by atoms with Crippen LogP contribution in [0.25, 0.3) is 21.3 Å². The molecule has 2 heterocycles. The number of rotatable bonds is 6. The second kappa shape index (κ2) is 8.26. The number of hydrogen-bond acceptors (Lipinski definition) is 5. The summed E-state index contributed by atoms with van der Waals surface area (Å²) in [6.45, 7) is 0.190. The van der Waals surface area contributed by atoms with Gasteiger partial charge in [-0.1, -0.05) is 52.3 Å². The molecule has 1 atom stereocenters. The van der Waals surface area contributed by atoms with E-state index in [-0.39, 0.29) is 18.7 Å². The number of benzene rings is 2. The number of hydrogen-bond donors (Lipinski definition) is 1. The van der Waals surface area contributed by atoms with Crippen LogP contribution in [-0.2, 0) is 6.54 Å². The average Bonchev–Trinajstić information content (AvgIpc) is 3.14. The minimum absolute atomic E-state index is 0.0795. The van der Waals surface area contributed by atoms with Crippen molar-refractivity contribution in [3.63, 3.8) is 0 Å². The second-order valence-electron chi connectivity index (χ2n) is 6.32. The molecule has 28 heavy (non-hydrogen) atoms. The molecule has 0 amide bonds. The minimum Gasteiger partial charge on any atom is -0.491 e. The first-order valence-electron chi connectivity index (χ1n) is 8.70. The Bertz CT molecular complexity index is 1160. The average molecular weight is 457 g/mol. The Hall–Kier alpha value is -2.48. The fourth-order valence-electron chi connectivity index (χ4n) is 2.96. The zero-order valence-electron chi connectivity index (χ0n) is 14.8. The highest BCUT2D eigenvalue weighted by molar-refractivity contribution is 9.10. The van der Waals surface area contributed by atoms with Crippen LogP contribution in [0.4, 0.5) is 0 Å². The first kappa shape index (κ1) is 18.9. The smallest absolute Gasteiger partial charge is 0.262 e. The molecular weight excluding hydrogens is 440 g/mol. The standard InChI is InChI=1S/C21H17BrN2O3S/c22-15-7-4-8-17(9-15)27-11-16(25)10-24-13-23-20-19(21(24)26)18(12-28-20)14-5-2-1-3-6-14/h1-9,12-13,16,25H,10-11H2/t16-/m0/s1. The summed E-state index contributed by atoms with van der Waals surface area (Å²) in [6, 6.07) is 17.2. The molecule has 0 fully saturated rings. The van der Waals surface area contributed by atoms with Crippen molar-refractivity contribution < 1.29 is 9.84 Å². The molecule has 0 bridgehead atoms. The van der Waals surface area contributed by atoms with Gasteiger partial charge in [0.2, 0.25) is 0 Å². The normalized spacial score (nSPS) is 12.2. The maximum Gasteiger partial charge on any atom is 0.262 e. The monoisotopic (exact) mass is 456 g/mol. The molecule has 7 heteroatoms. The van der Waals surface area contributed by atoms with Gasteiger partial charge in [0.25, 0.3) is 5.56 Å². The molecule has 0 radical (unpaired) electrons. The zero-order valence-corrected chi connectivity index (χ0v) is 17.2. The summed E-state index contributed by atoms with van der Waals surface area (Å²) >= 11 is 4.83. The summed E-state index contributed by atoms with van der Waals surface area (Å²) in [6.07, 6.45) is 0.646. The van der Waals surface area contributed by atoms with E-state index in [1.54, 1.807) is 0 Å². The highest BCUT2D eigenvalue weighted by atomic mass is 79.9. The summed E-state index contributed by atoms with van der Waals surface area (Å²) in [5, 5.41) is 12.9. The molecule has 0 spiro atoms. The largest absolute Gasteiger partial charge is 0.491 e. The van der Waals surface area contributed by atoms with Gasteiger partial charge in [-0.25, -0.2) is 4.98 Å². The Labute approximate surface area is 174 Å². The number of aliphatic hydroxyl groups excluding tert-OH is 1. The first-order chi connectivity index (χ1) is 13.6. The van der Waals surface area contributed by atoms with E-state index in [9.17, 15) is 9.90 Å². The van der Waals surface area contributed by atoms with Gasteiger partial charge in [0.1, 0.15) is 23.3 Å². The molecule has 4 rings (SSSR count). The van der Waals surface area contributed by atoms with Gasteiger partial charge in [-0.15, -0.1) is 11.3 Å². The molecule has 5 nitrogen and oxygen atoms in total. The van der Waals surface area contributed by atoms with E-state index in [1.165, 1.54) is 22.2 Å². The molecule has 142 valence electrons. The van der Waals surface area contributed by atoms with Crippen molar-refractivity contribution in [3.05, 3.63) is 81.1 Å². The summed E-state index contributed by atoms with van der Waals surface area (Å²) in [5.41, 5.74) is 1.68. The lowest BCUT2D eigenvalue weighted by Crippen LogP contribution is -2.30. The van der Waals surface area contributed by atoms with Gasteiger partial charge < -0.3 is 9.84 Å². The van der Waals surface area contributed by atoms with Crippen molar-refractivity contribution in [3.8, 4) is 16.9 Å².